The topological polar surface area (TPSA) is 15.3 Å². The van der Waals surface area contributed by atoms with Crippen LogP contribution < -0.4 is 5.32 Å². The summed E-state index contributed by atoms with van der Waals surface area (Å²) in [6.07, 6.45) is 2.48. The molecule has 1 aliphatic heterocycles. The fourth-order valence-electron chi connectivity index (χ4n) is 3.06. The van der Waals surface area contributed by atoms with Gasteiger partial charge in [0.1, 0.15) is 0 Å². The molecule has 102 valence electrons. The van der Waals surface area contributed by atoms with Crippen LogP contribution >= 0.6 is 0 Å². The summed E-state index contributed by atoms with van der Waals surface area (Å²) in [4.78, 5) is 2.73. The molecular formula is C15H32N2. The lowest BCUT2D eigenvalue weighted by atomic mass is 9.86. The fraction of sp³-hybridized carbons (Fsp3) is 1.00. The fourth-order valence-corrected chi connectivity index (χ4v) is 3.06. The zero-order valence-corrected chi connectivity index (χ0v) is 12.7. The molecule has 0 amide bonds. The Bertz CT molecular complexity index is 219. The standard InChI is InChI=1S/C15H32N2/c1-7-15(8-2)11-17(10-12(3)4)14(9-16-15)13(5)6/h12-14,16H,7-11H2,1-6H3. The lowest BCUT2D eigenvalue weighted by Crippen LogP contribution is -2.65. The van der Waals surface area contributed by atoms with Crippen LogP contribution in [0.25, 0.3) is 0 Å². The highest BCUT2D eigenvalue weighted by Crippen LogP contribution is 2.26. The molecule has 0 aromatic rings. The van der Waals surface area contributed by atoms with Gasteiger partial charge >= 0.3 is 0 Å². The molecular weight excluding hydrogens is 208 g/mol. The lowest BCUT2D eigenvalue weighted by molar-refractivity contribution is 0.0419. The Labute approximate surface area is 108 Å². The summed E-state index contributed by atoms with van der Waals surface area (Å²) < 4.78 is 0. The highest BCUT2D eigenvalue weighted by atomic mass is 15.3. The van der Waals surface area contributed by atoms with E-state index in [1.807, 2.05) is 0 Å². The van der Waals surface area contributed by atoms with Gasteiger partial charge in [0.15, 0.2) is 0 Å². The quantitative estimate of drug-likeness (QED) is 0.794. The first kappa shape index (κ1) is 15.0. The van der Waals surface area contributed by atoms with Crippen LogP contribution in [0.2, 0.25) is 0 Å². The Balaban J connectivity index is 2.75. The Morgan fingerprint density at radius 3 is 2.18 bits per heavy atom. The third-order valence-electron chi connectivity index (χ3n) is 4.38. The zero-order valence-electron chi connectivity index (χ0n) is 12.7. The van der Waals surface area contributed by atoms with Gasteiger partial charge < -0.3 is 5.32 Å². The molecule has 1 atom stereocenters. The first-order valence-electron chi connectivity index (χ1n) is 7.43. The van der Waals surface area contributed by atoms with Crippen LogP contribution in [0.5, 0.6) is 0 Å². The summed E-state index contributed by atoms with van der Waals surface area (Å²) in [5, 5.41) is 3.82. The number of hydrogen-bond acceptors (Lipinski definition) is 2. The molecule has 1 rings (SSSR count). The van der Waals surface area contributed by atoms with Gasteiger partial charge in [-0.2, -0.15) is 0 Å². The molecule has 0 saturated carbocycles. The second-order valence-electron chi connectivity index (χ2n) is 6.50. The molecule has 0 aromatic carbocycles. The van der Waals surface area contributed by atoms with E-state index in [1.165, 1.54) is 25.9 Å². The monoisotopic (exact) mass is 240 g/mol. The molecule has 1 saturated heterocycles. The molecule has 2 heteroatoms. The van der Waals surface area contributed by atoms with Crippen LogP contribution in [0.3, 0.4) is 0 Å². The van der Waals surface area contributed by atoms with Crippen molar-refractivity contribution in [1.29, 1.82) is 0 Å². The first-order valence-corrected chi connectivity index (χ1v) is 7.43. The van der Waals surface area contributed by atoms with Crippen molar-refractivity contribution in [2.45, 2.75) is 66.0 Å². The Morgan fingerprint density at radius 1 is 1.18 bits per heavy atom. The highest BCUT2D eigenvalue weighted by molar-refractivity contribution is 4.97. The van der Waals surface area contributed by atoms with Crippen molar-refractivity contribution < 1.29 is 0 Å². The van der Waals surface area contributed by atoms with Crippen molar-refractivity contribution in [2.75, 3.05) is 19.6 Å². The highest BCUT2D eigenvalue weighted by Gasteiger charge is 2.37. The van der Waals surface area contributed by atoms with Gasteiger partial charge in [0, 0.05) is 31.2 Å². The van der Waals surface area contributed by atoms with Crippen LogP contribution in [-0.2, 0) is 0 Å². The first-order chi connectivity index (χ1) is 7.94. The maximum Gasteiger partial charge on any atom is 0.0304 e. The molecule has 0 radical (unpaired) electrons. The molecule has 1 aliphatic rings. The molecule has 0 aromatic heterocycles. The van der Waals surface area contributed by atoms with Crippen LogP contribution in [-0.4, -0.2) is 36.1 Å². The summed E-state index contributed by atoms with van der Waals surface area (Å²) in [6.45, 7) is 17.6. The minimum Gasteiger partial charge on any atom is -0.308 e. The molecule has 0 aliphatic carbocycles. The van der Waals surface area contributed by atoms with E-state index in [2.05, 4.69) is 51.8 Å². The normalized spacial score (nSPS) is 25.8. The van der Waals surface area contributed by atoms with E-state index < -0.39 is 0 Å². The van der Waals surface area contributed by atoms with Crippen LogP contribution in [0.15, 0.2) is 0 Å². The van der Waals surface area contributed by atoms with Gasteiger partial charge in [-0.25, -0.2) is 0 Å². The average molecular weight is 240 g/mol. The van der Waals surface area contributed by atoms with E-state index in [9.17, 15) is 0 Å². The largest absolute Gasteiger partial charge is 0.308 e. The smallest absolute Gasteiger partial charge is 0.0304 e. The van der Waals surface area contributed by atoms with E-state index in [-0.39, 0.29) is 0 Å². The SMILES string of the molecule is CCC1(CC)CN(CC(C)C)C(C(C)C)CN1. The summed E-state index contributed by atoms with van der Waals surface area (Å²) in [6, 6.07) is 0.712. The average Bonchev–Trinajstić information content (AvgIpc) is 2.27. The molecule has 1 heterocycles. The second-order valence-corrected chi connectivity index (χ2v) is 6.50. The summed E-state index contributed by atoms with van der Waals surface area (Å²) in [5.41, 5.74) is 0.361. The van der Waals surface area contributed by atoms with E-state index in [0.717, 1.165) is 18.4 Å². The molecule has 0 bridgehead atoms. The predicted molar refractivity (Wildman–Crippen MR) is 76.4 cm³/mol. The number of hydrogen-bond donors (Lipinski definition) is 1. The summed E-state index contributed by atoms with van der Waals surface area (Å²) in [7, 11) is 0. The predicted octanol–water partition coefficient (Wildman–Crippen LogP) is 3.13. The molecule has 2 nitrogen and oxygen atoms in total. The number of nitrogens with one attached hydrogen (secondary N) is 1. The van der Waals surface area contributed by atoms with Gasteiger partial charge in [0.25, 0.3) is 0 Å². The van der Waals surface area contributed by atoms with Gasteiger partial charge in [0.2, 0.25) is 0 Å². The summed E-state index contributed by atoms with van der Waals surface area (Å²) in [5.74, 6) is 1.51. The van der Waals surface area contributed by atoms with Gasteiger partial charge in [-0.05, 0) is 24.7 Å². The minimum atomic E-state index is 0.361. The molecule has 1 fully saturated rings. The van der Waals surface area contributed by atoms with Crippen molar-refractivity contribution >= 4 is 0 Å². The lowest BCUT2D eigenvalue weighted by Gasteiger charge is -2.49. The van der Waals surface area contributed by atoms with Crippen LogP contribution in [0.4, 0.5) is 0 Å². The molecule has 0 spiro atoms. The Hall–Kier alpha value is -0.0800. The number of rotatable bonds is 5. The van der Waals surface area contributed by atoms with Crippen molar-refractivity contribution in [3.05, 3.63) is 0 Å². The van der Waals surface area contributed by atoms with E-state index in [4.69, 9.17) is 0 Å². The zero-order chi connectivity index (χ0) is 13.1. The van der Waals surface area contributed by atoms with Crippen molar-refractivity contribution in [3.8, 4) is 0 Å². The van der Waals surface area contributed by atoms with E-state index in [1.54, 1.807) is 0 Å². The summed E-state index contributed by atoms with van der Waals surface area (Å²) >= 11 is 0. The van der Waals surface area contributed by atoms with Gasteiger partial charge in [0.05, 0.1) is 0 Å². The molecule has 17 heavy (non-hydrogen) atoms. The number of nitrogens with zero attached hydrogens (tertiary/aromatic N) is 1. The third-order valence-corrected chi connectivity index (χ3v) is 4.38. The van der Waals surface area contributed by atoms with E-state index >= 15 is 0 Å². The number of piperazine rings is 1. The van der Waals surface area contributed by atoms with E-state index in [0.29, 0.717) is 11.6 Å². The Morgan fingerprint density at radius 2 is 1.76 bits per heavy atom. The van der Waals surface area contributed by atoms with Crippen molar-refractivity contribution in [1.82, 2.24) is 10.2 Å². The maximum atomic E-state index is 3.82. The Kier molecular flexibility index (Phi) is 5.46. The van der Waals surface area contributed by atoms with Crippen LogP contribution in [0.1, 0.15) is 54.4 Å². The molecule has 1 unspecified atom stereocenters. The van der Waals surface area contributed by atoms with Crippen molar-refractivity contribution in [2.24, 2.45) is 11.8 Å². The second kappa shape index (κ2) is 6.19. The van der Waals surface area contributed by atoms with Crippen LogP contribution in [0, 0.1) is 11.8 Å². The minimum absolute atomic E-state index is 0.361. The van der Waals surface area contributed by atoms with Gasteiger partial charge in [-0.3, -0.25) is 4.90 Å². The third kappa shape index (κ3) is 3.69. The molecule has 1 N–H and O–H groups in total. The van der Waals surface area contributed by atoms with Gasteiger partial charge in [-0.15, -0.1) is 0 Å². The maximum absolute atomic E-state index is 3.82. The van der Waals surface area contributed by atoms with Gasteiger partial charge in [-0.1, -0.05) is 41.5 Å². The van der Waals surface area contributed by atoms with Crippen molar-refractivity contribution in [3.63, 3.8) is 0 Å².